The molecular weight excluding hydrogens is 354 g/mol. The summed E-state index contributed by atoms with van der Waals surface area (Å²) in [5.41, 5.74) is 2.60. The lowest BCUT2D eigenvalue weighted by Gasteiger charge is -2.24. The predicted octanol–water partition coefficient (Wildman–Crippen LogP) is 4.71. The van der Waals surface area contributed by atoms with E-state index in [0.717, 1.165) is 21.5 Å². The van der Waals surface area contributed by atoms with Gasteiger partial charge in [0.15, 0.2) is 0 Å². The zero-order valence-corrected chi connectivity index (χ0v) is 15.2. The number of nitrogens with one attached hydrogen (secondary N) is 3. The van der Waals surface area contributed by atoms with Crippen LogP contribution in [0.1, 0.15) is 20.8 Å². The summed E-state index contributed by atoms with van der Waals surface area (Å²) in [6.07, 6.45) is 0. The van der Waals surface area contributed by atoms with E-state index in [-0.39, 0.29) is 18.0 Å². The number of para-hydroxylation sites is 3. The Kier molecular flexibility index (Phi) is 5.66. The molecule has 0 aliphatic heterocycles. The SMILES string of the molecule is CC(C)(C)Nc1ccccc1NCC(=O)Nc1ccccc1Br. The minimum atomic E-state index is -0.0949. The van der Waals surface area contributed by atoms with Crippen molar-refractivity contribution in [1.82, 2.24) is 0 Å². The molecule has 0 saturated carbocycles. The Labute approximate surface area is 145 Å². The molecule has 2 rings (SSSR count). The Morgan fingerprint density at radius 3 is 2.13 bits per heavy atom. The third-order valence-corrected chi connectivity index (χ3v) is 3.72. The van der Waals surface area contributed by atoms with Crippen molar-refractivity contribution in [1.29, 1.82) is 0 Å². The van der Waals surface area contributed by atoms with Crippen LogP contribution in [-0.2, 0) is 4.79 Å². The highest BCUT2D eigenvalue weighted by Gasteiger charge is 2.12. The normalized spacial score (nSPS) is 11.0. The van der Waals surface area contributed by atoms with Crippen LogP contribution in [0, 0.1) is 0 Å². The quantitative estimate of drug-likeness (QED) is 0.709. The van der Waals surface area contributed by atoms with Crippen LogP contribution >= 0.6 is 15.9 Å². The first-order chi connectivity index (χ1) is 10.8. The fourth-order valence-corrected chi connectivity index (χ4v) is 2.47. The zero-order chi connectivity index (χ0) is 16.9. The van der Waals surface area contributed by atoms with E-state index in [1.807, 2.05) is 48.5 Å². The Bertz CT molecular complexity index is 680. The second kappa shape index (κ2) is 7.51. The van der Waals surface area contributed by atoms with Gasteiger partial charge >= 0.3 is 0 Å². The molecule has 0 bridgehead atoms. The molecule has 0 radical (unpaired) electrons. The molecule has 0 aromatic heterocycles. The topological polar surface area (TPSA) is 53.2 Å². The van der Waals surface area contributed by atoms with Crippen LogP contribution in [0.2, 0.25) is 0 Å². The van der Waals surface area contributed by atoms with Gasteiger partial charge in [0.25, 0.3) is 0 Å². The van der Waals surface area contributed by atoms with Gasteiger partial charge in [0.2, 0.25) is 5.91 Å². The molecule has 0 saturated heterocycles. The second-order valence-electron chi connectivity index (χ2n) is 6.30. The third kappa shape index (κ3) is 5.60. The highest BCUT2D eigenvalue weighted by Crippen LogP contribution is 2.24. The number of carbonyl (C=O) groups is 1. The molecule has 0 aliphatic rings. The van der Waals surface area contributed by atoms with Crippen LogP contribution in [0.15, 0.2) is 53.0 Å². The first-order valence-electron chi connectivity index (χ1n) is 7.50. The molecule has 2 aromatic rings. The van der Waals surface area contributed by atoms with Gasteiger partial charge in [-0.3, -0.25) is 4.79 Å². The van der Waals surface area contributed by atoms with Gasteiger partial charge in [-0.1, -0.05) is 24.3 Å². The first-order valence-corrected chi connectivity index (χ1v) is 8.30. The minimum Gasteiger partial charge on any atom is -0.379 e. The van der Waals surface area contributed by atoms with Crippen molar-refractivity contribution in [2.45, 2.75) is 26.3 Å². The minimum absolute atomic E-state index is 0.0467. The van der Waals surface area contributed by atoms with Crippen LogP contribution in [0.5, 0.6) is 0 Å². The van der Waals surface area contributed by atoms with Crippen LogP contribution < -0.4 is 16.0 Å². The van der Waals surface area contributed by atoms with Crippen LogP contribution in [-0.4, -0.2) is 18.0 Å². The van der Waals surface area contributed by atoms with E-state index in [1.54, 1.807) is 0 Å². The second-order valence-corrected chi connectivity index (χ2v) is 7.16. The molecule has 5 heteroatoms. The van der Waals surface area contributed by atoms with Crippen LogP contribution in [0.25, 0.3) is 0 Å². The summed E-state index contributed by atoms with van der Waals surface area (Å²) in [7, 11) is 0. The summed E-state index contributed by atoms with van der Waals surface area (Å²) in [4.78, 5) is 12.1. The zero-order valence-electron chi connectivity index (χ0n) is 13.6. The van der Waals surface area contributed by atoms with Gasteiger partial charge in [-0.15, -0.1) is 0 Å². The molecule has 0 fully saturated rings. The molecule has 0 atom stereocenters. The Morgan fingerprint density at radius 1 is 0.957 bits per heavy atom. The fourth-order valence-electron chi connectivity index (χ4n) is 2.08. The number of carbonyl (C=O) groups excluding carboxylic acids is 1. The number of anilines is 3. The van der Waals surface area contributed by atoms with E-state index < -0.39 is 0 Å². The van der Waals surface area contributed by atoms with E-state index >= 15 is 0 Å². The van der Waals surface area contributed by atoms with Crippen molar-refractivity contribution in [2.75, 3.05) is 22.5 Å². The summed E-state index contributed by atoms with van der Waals surface area (Å²) >= 11 is 3.42. The molecule has 0 aliphatic carbocycles. The van der Waals surface area contributed by atoms with Gasteiger partial charge in [-0.05, 0) is 61.0 Å². The highest BCUT2D eigenvalue weighted by molar-refractivity contribution is 9.10. The fraction of sp³-hybridized carbons (Fsp3) is 0.278. The number of halogens is 1. The van der Waals surface area contributed by atoms with Gasteiger partial charge in [0, 0.05) is 10.0 Å². The van der Waals surface area contributed by atoms with E-state index in [2.05, 4.69) is 52.7 Å². The van der Waals surface area contributed by atoms with E-state index in [4.69, 9.17) is 0 Å². The number of hydrogen-bond donors (Lipinski definition) is 3. The molecule has 0 heterocycles. The molecule has 23 heavy (non-hydrogen) atoms. The van der Waals surface area contributed by atoms with E-state index in [9.17, 15) is 4.79 Å². The molecule has 0 spiro atoms. The number of hydrogen-bond acceptors (Lipinski definition) is 3. The van der Waals surface area contributed by atoms with Crippen molar-refractivity contribution in [3.8, 4) is 0 Å². The van der Waals surface area contributed by atoms with Crippen LogP contribution in [0.4, 0.5) is 17.1 Å². The average Bonchev–Trinajstić information content (AvgIpc) is 2.47. The average molecular weight is 376 g/mol. The number of rotatable bonds is 5. The molecule has 4 nitrogen and oxygen atoms in total. The number of benzene rings is 2. The maximum atomic E-state index is 12.1. The van der Waals surface area contributed by atoms with Gasteiger partial charge in [0.1, 0.15) is 0 Å². The molecule has 0 unspecified atom stereocenters. The largest absolute Gasteiger partial charge is 0.379 e. The molecule has 122 valence electrons. The van der Waals surface area contributed by atoms with E-state index in [1.165, 1.54) is 0 Å². The summed E-state index contributed by atoms with van der Waals surface area (Å²) in [5.74, 6) is -0.0949. The lowest BCUT2D eigenvalue weighted by Crippen LogP contribution is -2.27. The van der Waals surface area contributed by atoms with Crippen molar-refractivity contribution < 1.29 is 4.79 Å². The molecule has 2 aromatic carbocycles. The summed E-state index contributed by atoms with van der Waals surface area (Å²) < 4.78 is 0.864. The van der Waals surface area contributed by atoms with Gasteiger partial charge < -0.3 is 16.0 Å². The monoisotopic (exact) mass is 375 g/mol. The standard InChI is InChI=1S/C18H22BrN3O/c1-18(2,3)22-16-11-7-6-10-15(16)20-12-17(23)21-14-9-5-4-8-13(14)19/h4-11,20,22H,12H2,1-3H3,(H,21,23). The van der Waals surface area contributed by atoms with Crippen molar-refractivity contribution in [3.05, 3.63) is 53.0 Å². The molecular formula is C18H22BrN3O. The maximum Gasteiger partial charge on any atom is 0.243 e. The van der Waals surface area contributed by atoms with Crippen molar-refractivity contribution in [2.24, 2.45) is 0 Å². The lowest BCUT2D eigenvalue weighted by atomic mass is 10.1. The summed E-state index contributed by atoms with van der Waals surface area (Å²) in [6.45, 7) is 6.50. The third-order valence-electron chi connectivity index (χ3n) is 3.02. The predicted molar refractivity (Wildman–Crippen MR) is 101 cm³/mol. The van der Waals surface area contributed by atoms with Crippen LogP contribution in [0.3, 0.4) is 0 Å². The maximum absolute atomic E-state index is 12.1. The van der Waals surface area contributed by atoms with Crippen molar-refractivity contribution in [3.63, 3.8) is 0 Å². The number of amides is 1. The highest BCUT2D eigenvalue weighted by atomic mass is 79.9. The summed E-state index contributed by atoms with van der Waals surface area (Å²) in [5, 5.41) is 9.50. The molecule has 1 amide bonds. The Balaban J connectivity index is 1.98. The lowest BCUT2D eigenvalue weighted by molar-refractivity contribution is -0.114. The smallest absolute Gasteiger partial charge is 0.243 e. The van der Waals surface area contributed by atoms with Crippen molar-refractivity contribution >= 4 is 38.9 Å². The summed E-state index contributed by atoms with van der Waals surface area (Å²) in [6, 6.07) is 15.4. The molecule has 3 N–H and O–H groups in total. The first kappa shape index (κ1) is 17.3. The van der Waals surface area contributed by atoms with E-state index in [0.29, 0.717) is 0 Å². The van der Waals surface area contributed by atoms with Gasteiger partial charge in [-0.25, -0.2) is 0 Å². The Morgan fingerprint density at radius 2 is 1.52 bits per heavy atom. The Hall–Kier alpha value is -2.01. The van der Waals surface area contributed by atoms with Gasteiger partial charge in [0.05, 0.1) is 23.6 Å². The van der Waals surface area contributed by atoms with Gasteiger partial charge in [-0.2, -0.15) is 0 Å².